The number of aliphatic hydroxyl groups is 2. The van der Waals surface area contributed by atoms with Gasteiger partial charge in [0.15, 0.2) is 0 Å². The number of rotatable bonds is 6. The molecule has 2 N–H and O–H groups in total. The summed E-state index contributed by atoms with van der Waals surface area (Å²) in [6.45, 7) is 3.52. The second-order valence-corrected chi connectivity index (χ2v) is 5.13. The van der Waals surface area contributed by atoms with Gasteiger partial charge >= 0.3 is 6.18 Å². The van der Waals surface area contributed by atoms with E-state index in [-0.39, 0.29) is 18.1 Å². The molecule has 0 fully saturated rings. The number of alkyl halides is 3. The first-order chi connectivity index (χ1) is 9.70. The van der Waals surface area contributed by atoms with Gasteiger partial charge in [0.1, 0.15) is 5.75 Å². The van der Waals surface area contributed by atoms with Gasteiger partial charge in [-0.05, 0) is 36.5 Å². The van der Waals surface area contributed by atoms with Crippen LogP contribution in [-0.2, 0) is 6.18 Å². The van der Waals surface area contributed by atoms with Crippen LogP contribution in [0.4, 0.5) is 13.2 Å². The zero-order valence-electron chi connectivity index (χ0n) is 12.3. The summed E-state index contributed by atoms with van der Waals surface area (Å²) in [4.78, 5) is 0. The summed E-state index contributed by atoms with van der Waals surface area (Å²) in [5.74, 6) is -0.103. The zero-order valence-corrected chi connectivity index (χ0v) is 12.3. The maximum Gasteiger partial charge on any atom is 0.416 e. The number of halogens is 3. The Bertz CT molecular complexity index is 460. The molecule has 3 unspecified atom stereocenters. The van der Waals surface area contributed by atoms with E-state index in [4.69, 9.17) is 4.74 Å². The molecule has 0 saturated carbocycles. The van der Waals surface area contributed by atoms with Crippen molar-refractivity contribution in [2.45, 2.75) is 51.0 Å². The molecule has 0 aliphatic heterocycles. The minimum absolute atomic E-state index is 0.135. The molecule has 21 heavy (non-hydrogen) atoms. The van der Waals surface area contributed by atoms with E-state index in [2.05, 4.69) is 0 Å². The largest absolute Gasteiger partial charge is 0.496 e. The number of hydrogen-bond donors (Lipinski definition) is 2. The molecule has 3 atom stereocenters. The van der Waals surface area contributed by atoms with Gasteiger partial charge in [-0.15, -0.1) is 0 Å². The van der Waals surface area contributed by atoms with Crippen LogP contribution >= 0.6 is 0 Å². The number of aliphatic hydroxyl groups excluding tert-OH is 2. The Labute approximate surface area is 122 Å². The van der Waals surface area contributed by atoms with E-state index in [1.807, 2.05) is 0 Å². The van der Waals surface area contributed by atoms with Gasteiger partial charge in [-0.1, -0.05) is 19.9 Å². The second kappa shape index (κ2) is 7.13. The minimum Gasteiger partial charge on any atom is -0.496 e. The third-order valence-corrected chi connectivity index (χ3v) is 3.55. The third-order valence-electron chi connectivity index (χ3n) is 3.55. The lowest BCUT2D eigenvalue weighted by Crippen LogP contribution is -2.26. The van der Waals surface area contributed by atoms with E-state index in [9.17, 15) is 23.4 Å². The summed E-state index contributed by atoms with van der Waals surface area (Å²) < 4.78 is 43.0. The van der Waals surface area contributed by atoms with Crippen molar-refractivity contribution in [1.29, 1.82) is 0 Å². The lowest BCUT2D eigenvalue weighted by Gasteiger charge is -2.22. The molecular formula is C15H21F3O3. The summed E-state index contributed by atoms with van der Waals surface area (Å²) in [7, 11) is 1.31. The van der Waals surface area contributed by atoms with Gasteiger partial charge in [0.05, 0.1) is 24.9 Å². The first-order valence-electron chi connectivity index (χ1n) is 6.81. The van der Waals surface area contributed by atoms with E-state index >= 15 is 0 Å². The maximum atomic E-state index is 12.7. The van der Waals surface area contributed by atoms with Gasteiger partial charge in [-0.3, -0.25) is 0 Å². The third kappa shape index (κ3) is 4.61. The molecule has 0 radical (unpaired) electrons. The predicted octanol–water partition coefficient (Wildman–Crippen LogP) is 3.34. The summed E-state index contributed by atoms with van der Waals surface area (Å²) in [6, 6.07) is 3.31. The Hall–Kier alpha value is -1.27. The van der Waals surface area contributed by atoms with E-state index in [1.165, 1.54) is 13.2 Å². The average Bonchev–Trinajstić information content (AvgIpc) is 2.44. The SMILES string of the molecule is CCC(O)C(O)CC(C)c1ccc(C(F)(F)F)cc1OC. The van der Waals surface area contributed by atoms with Crippen molar-refractivity contribution in [3.05, 3.63) is 29.3 Å². The molecule has 1 aromatic rings. The monoisotopic (exact) mass is 306 g/mol. The molecule has 0 saturated heterocycles. The highest BCUT2D eigenvalue weighted by atomic mass is 19.4. The molecule has 0 spiro atoms. The van der Waals surface area contributed by atoms with Crippen LogP contribution in [0.25, 0.3) is 0 Å². The fourth-order valence-electron chi connectivity index (χ4n) is 2.21. The van der Waals surface area contributed by atoms with Crippen molar-refractivity contribution >= 4 is 0 Å². The molecule has 1 aromatic carbocycles. The maximum absolute atomic E-state index is 12.7. The lowest BCUT2D eigenvalue weighted by molar-refractivity contribution is -0.137. The fourth-order valence-corrected chi connectivity index (χ4v) is 2.21. The van der Waals surface area contributed by atoms with Gasteiger partial charge in [0.2, 0.25) is 0 Å². The van der Waals surface area contributed by atoms with Crippen LogP contribution in [0.1, 0.15) is 43.7 Å². The second-order valence-electron chi connectivity index (χ2n) is 5.13. The smallest absolute Gasteiger partial charge is 0.416 e. The van der Waals surface area contributed by atoms with Crippen LogP contribution in [0.3, 0.4) is 0 Å². The highest BCUT2D eigenvalue weighted by Crippen LogP contribution is 2.36. The van der Waals surface area contributed by atoms with E-state index in [0.717, 1.165) is 12.1 Å². The van der Waals surface area contributed by atoms with Crippen LogP contribution in [0.5, 0.6) is 5.75 Å². The molecule has 0 bridgehead atoms. The molecule has 0 aliphatic rings. The highest BCUT2D eigenvalue weighted by molar-refractivity contribution is 5.40. The highest BCUT2D eigenvalue weighted by Gasteiger charge is 2.32. The van der Waals surface area contributed by atoms with Gasteiger partial charge in [-0.2, -0.15) is 13.2 Å². The molecule has 0 heterocycles. The summed E-state index contributed by atoms with van der Waals surface area (Å²) in [5.41, 5.74) is -0.197. The van der Waals surface area contributed by atoms with Crippen molar-refractivity contribution in [2.75, 3.05) is 7.11 Å². The lowest BCUT2D eigenvalue weighted by atomic mass is 9.91. The van der Waals surface area contributed by atoms with E-state index < -0.39 is 23.9 Å². The topological polar surface area (TPSA) is 49.7 Å². The molecule has 6 heteroatoms. The van der Waals surface area contributed by atoms with Crippen LogP contribution in [-0.4, -0.2) is 29.5 Å². The first kappa shape index (κ1) is 17.8. The molecular weight excluding hydrogens is 285 g/mol. The van der Waals surface area contributed by atoms with Crippen LogP contribution in [0, 0.1) is 0 Å². The Kier molecular flexibility index (Phi) is 6.04. The molecule has 3 nitrogen and oxygen atoms in total. The number of hydrogen-bond acceptors (Lipinski definition) is 3. The van der Waals surface area contributed by atoms with Crippen LogP contribution in [0.15, 0.2) is 18.2 Å². The predicted molar refractivity (Wildman–Crippen MR) is 73.3 cm³/mol. The molecule has 0 aliphatic carbocycles. The standard InChI is InChI=1S/C15H21F3O3/c1-4-12(19)13(20)7-9(2)11-6-5-10(15(16,17)18)8-14(11)21-3/h5-6,8-9,12-13,19-20H,4,7H2,1-3H3. The molecule has 0 aromatic heterocycles. The van der Waals surface area contributed by atoms with Gasteiger partial charge in [0.25, 0.3) is 0 Å². The molecule has 1 rings (SSSR count). The Morgan fingerprint density at radius 2 is 1.81 bits per heavy atom. The van der Waals surface area contributed by atoms with Gasteiger partial charge in [-0.25, -0.2) is 0 Å². The summed E-state index contributed by atoms with van der Waals surface area (Å²) >= 11 is 0. The van der Waals surface area contributed by atoms with Crippen LogP contribution < -0.4 is 4.74 Å². The van der Waals surface area contributed by atoms with Crippen molar-refractivity contribution in [3.63, 3.8) is 0 Å². The number of benzene rings is 1. The normalized spacial score (nSPS) is 16.4. The number of methoxy groups -OCH3 is 1. The Balaban J connectivity index is 2.97. The average molecular weight is 306 g/mol. The minimum atomic E-state index is -4.42. The first-order valence-corrected chi connectivity index (χ1v) is 6.81. The van der Waals surface area contributed by atoms with Crippen molar-refractivity contribution in [1.82, 2.24) is 0 Å². The summed E-state index contributed by atoms with van der Waals surface area (Å²) in [6.07, 6.45) is -5.52. The van der Waals surface area contributed by atoms with E-state index in [1.54, 1.807) is 13.8 Å². The van der Waals surface area contributed by atoms with Crippen molar-refractivity contribution < 1.29 is 28.1 Å². The Morgan fingerprint density at radius 1 is 1.19 bits per heavy atom. The fraction of sp³-hybridized carbons (Fsp3) is 0.600. The molecule has 120 valence electrons. The summed E-state index contributed by atoms with van der Waals surface area (Å²) in [5, 5.41) is 19.4. The van der Waals surface area contributed by atoms with Crippen LogP contribution in [0.2, 0.25) is 0 Å². The van der Waals surface area contributed by atoms with E-state index in [0.29, 0.717) is 12.0 Å². The quantitative estimate of drug-likeness (QED) is 0.847. The van der Waals surface area contributed by atoms with Gasteiger partial charge < -0.3 is 14.9 Å². The molecule has 0 amide bonds. The zero-order chi connectivity index (χ0) is 16.2. The van der Waals surface area contributed by atoms with Crippen molar-refractivity contribution in [2.24, 2.45) is 0 Å². The Morgan fingerprint density at radius 3 is 2.29 bits per heavy atom. The van der Waals surface area contributed by atoms with Gasteiger partial charge in [0, 0.05) is 0 Å². The van der Waals surface area contributed by atoms with Crippen molar-refractivity contribution in [3.8, 4) is 5.75 Å². The number of ether oxygens (including phenoxy) is 1.